The van der Waals surface area contributed by atoms with Crippen molar-refractivity contribution in [3.63, 3.8) is 0 Å². The van der Waals surface area contributed by atoms with E-state index in [1.165, 1.54) is 17.2 Å². The summed E-state index contributed by atoms with van der Waals surface area (Å²) in [6.07, 6.45) is -8.20. The van der Waals surface area contributed by atoms with Gasteiger partial charge >= 0.3 is 7.82 Å². The molecule has 0 spiro atoms. The molecule has 9 atom stereocenters. The average molecular weight is 571 g/mol. The molecule has 0 bridgehead atoms. The summed E-state index contributed by atoms with van der Waals surface area (Å²) < 4.78 is 35.9. The van der Waals surface area contributed by atoms with Crippen molar-refractivity contribution in [1.82, 2.24) is 29.1 Å². The van der Waals surface area contributed by atoms with Gasteiger partial charge in [-0.25, -0.2) is 24.5 Å². The Kier molecular flexibility index (Phi) is 7.37. The Hall–Kier alpha value is -3.10. The van der Waals surface area contributed by atoms with Crippen LogP contribution < -0.4 is 16.3 Å². The number of phosphoric acid groups is 1. The van der Waals surface area contributed by atoms with E-state index in [4.69, 9.17) is 29.7 Å². The maximum Gasteiger partial charge on any atom is 0.472 e. The third kappa shape index (κ3) is 5.12. The number of fused-ring (bicyclic) bond motifs is 1. The van der Waals surface area contributed by atoms with Gasteiger partial charge in [-0.3, -0.25) is 19.0 Å². The minimum absolute atomic E-state index is 0.0843. The van der Waals surface area contributed by atoms with Crippen LogP contribution in [0, 0.1) is 5.41 Å². The van der Waals surface area contributed by atoms with Crippen LogP contribution in [0.25, 0.3) is 11.2 Å². The van der Waals surface area contributed by atoms with Gasteiger partial charge in [-0.05, 0) is 6.07 Å². The van der Waals surface area contributed by atoms with Crippen LogP contribution >= 0.6 is 7.82 Å². The van der Waals surface area contributed by atoms with E-state index in [0.29, 0.717) is 0 Å². The van der Waals surface area contributed by atoms with Gasteiger partial charge in [0.15, 0.2) is 23.9 Å². The highest BCUT2D eigenvalue weighted by Crippen LogP contribution is 2.49. The average Bonchev–Trinajstić information content (AvgIpc) is 3.53. The molecule has 3 aromatic heterocycles. The van der Waals surface area contributed by atoms with Gasteiger partial charge < -0.3 is 50.2 Å². The van der Waals surface area contributed by atoms with Crippen LogP contribution in [0.4, 0.5) is 5.82 Å². The summed E-state index contributed by atoms with van der Waals surface area (Å²) in [5.74, 6) is 0.0843. The lowest BCUT2D eigenvalue weighted by Crippen LogP contribution is -2.36. The molecule has 212 valence electrons. The van der Waals surface area contributed by atoms with Gasteiger partial charge in [0.2, 0.25) is 0 Å². The molecule has 20 heteroatoms. The van der Waals surface area contributed by atoms with E-state index in [0.717, 1.165) is 16.8 Å². The maximum atomic E-state index is 12.7. The first kappa shape index (κ1) is 27.5. The van der Waals surface area contributed by atoms with Crippen LogP contribution in [0.15, 0.2) is 24.9 Å². The van der Waals surface area contributed by atoms with Gasteiger partial charge in [-0.1, -0.05) is 0 Å². The molecule has 2 fully saturated rings. The van der Waals surface area contributed by atoms with Gasteiger partial charge in [-0.2, -0.15) is 0 Å². The molecule has 0 saturated carbocycles. The number of nitrogens with zero attached hydrogens (tertiary/aromatic N) is 6. The van der Waals surface area contributed by atoms with E-state index in [2.05, 4.69) is 19.9 Å². The second kappa shape index (κ2) is 10.5. The Labute approximate surface area is 217 Å². The highest BCUT2D eigenvalue weighted by Gasteiger charge is 2.50. The molecule has 0 aromatic carbocycles. The van der Waals surface area contributed by atoms with Crippen LogP contribution in [-0.2, 0) is 23.1 Å². The van der Waals surface area contributed by atoms with Crippen molar-refractivity contribution in [2.24, 2.45) is 0 Å². The molecule has 3 aromatic rings. The molecule has 0 radical (unpaired) electrons. The van der Waals surface area contributed by atoms with Crippen molar-refractivity contribution >= 4 is 24.8 Å². The fraction of sp³-hybridized carbons (Fsp3) is 0.526. The van der Waals surface area contributed by atoms with Crippen LogP contribution in [0.5, 0.6) is 6.01 Å². The first-order chi connectivity index (χ1) is 18.5. The molecule has 1 unspecified atom stereocenters. The van der Waals surface area contributed by atoms with E-state index in [1.54, 1.807) is 0 Å². The zero-order valence-corrected chi connectivity index (χ0v) is 20.6. The second-order valence-electron chi connectivity index (χ2n) is 8.70. The van der Waals surface area contributed by atoms with Gasteiger partial charge in [-0.15, -0.1) is 0 Å². The maximum absolute atomic E-state index is 12.7. The fourth-order valence-corrected chi connectivity index (χ4v) is 5.30. The summed E-state index contributed by atoms with van der Waals surface area (Å²) in [6, 6.07) is 0.218. The second-order valence-corrected chi connectivity index (χ2v) is 10.1. The number of rotatable bonds is 8. The standard InChI is InChI=1S/C19H25N8O11P/c20-9-1-2-26(19(32)25-9)18-13(31)14(7(3-28)36-18)38-39(33,34)35-4-8-11(29)12(30)17(37-8)27-6-24-10-15(21)22-5-23-16(10)27/h1-2,5-8,11-14,17-18,28-31H,3-4H2,(H,33,34)(H2,20,25,32)(H2,21,22,23)/p-1/t7-,8-,11-,12-,13-,14-,17-,18-/m1/s1. The predicted octanol–water partition coefficient (Wildman–Crippen LogP) is -3.77. The third-order valence-electron chi connectivity index (χ3n) is 6.25. The number of ether oxygens (including phenoxy) is 2. The monoisotopic (exact) mass is 571 g/mol. The summed E-state index contributed by atoms with van der Waals surface area (Å²) in [7, 11) is -5.00. The lowest BCUT2D eigenvalue weighted by molar-refractivity contribution is -0.292. The van der Waals surface area contributed by atoms with Crippen LogP contribution in [-0.4, -0.2) is 104 Å². The Morgan fingerprint density at radius 2 is 1.82 bits per heavy atom. The number of nitrogens with one attached hydrogen (secondary N) is 1. The molecular weight excluding hydrogens is 547 g/mol. The molecule has 2 aliphatic rings. The number of aromatic nitrogens is 6. The molecule has 2 saturated heterocycles. The topological polar surface area (TPSA) is 289 Å². The number of hydrogen-bond acceptors (Lipinski definition) is 16. The van der Waals surface area contributed by atoms with Gasteiger partial charge in [0.25, 0.3) is 0 Å². The number of nitrogen functional groups attached to an aromatic ring is 1. The van der Waals surface area contributed by atoms with Crippen LogP contribution in [0.1, 0.15) is 12.5 Å². The van der Waals surface area contributed by atoms with E-state index in [9.17, 15) is 35.0 Å². The summed E-state index contributed by atoms with van der Waals surface area (Å²) in [5.41, 5.74) is 5.88. The van der Waals surface area contributed by atoms with E-state index in [-0.39, 0.29) is 22.5 Å². The third-order valence-corrected chi connectivity index (χ3v) is 7.23. The van der Waals surface area contributed by atoms with Crippen molar-refractivity contribution in [2.45, 2.75) is 49.1 Å². The summed E-state index contributed by atoms with van der Waals surface area (Å²) >= 11 is 0. The largest absolute Gasteiger partial charge is 0.846 e. The molecule has 5 rings (SSSR count). The first-order valence-electron chi connectivity index (χ1n) is 11.4. The molecule has 5 heterocycles. The highest BCUT2D eigenvalue weighted by molar-refractivity contribution is 7.47. The summed E-state index contributed by atoms with van der Waals surface area (Å²) in [4.78, 5) is 25.6. The lowest BCUT2D eigenvalue weighted by Gasteiger charge is -2.25. The quantitative estimate of drug-likeness (QED) is 0.128. The van der Waals surface area contributed by atoms with E-state index < -0.39 is 76.1 Å². The lowest BCUT2D eigenvalue weighted by atomic mass is 10.1. The Balaban J connectivity index is 1.26. The number of aliphatic hydroxyl groups excluding tert-OH is 4. The van der Waals surface area contributed by atoms with Crippen molar-refractivity contribution in [3.8, 4) is 6.01 Å². The molecular formula is C19H24N8O11P-. The Morgan fingerprint density at radius 1 is 1.10 bits per heavy atom. The molecule has 0 aliphatic carbocycles. The number of anilines is 1. The van der Waals surface area contributed by atoms with Crippen molar-refractivity contribution < 1.29 is 53.5 Å². The van der Waals surface area contributed by atoms with Gasteiger partial charge in [0.1, 0.15) is 54.0 Å². The molecule has 2 aliphatic heterocycles. The van der Waals surface area contributed by atoms with Gasteiger partial charge in [0.05, 0.1) is 25.6 Å². The minimum atomic E-state index is -5.00. The van der Waals surface area contributed by atoms with Crippen LogP contribution in [0.2, 0.25) is 0 Å². The first-order valence-corrected chi connectivity index (χ1v) is 12.9. The minimum Gasteiger partial charge on any atom is -0.846 e. The molecule has 0 amide bonds. The van der Waals surface area contributed by atoms with Crippen LogP contribution in [0.3, 0.4) is 0 Å². The van der Waals surface area contributed by atoms with Crippen molar-refractivity contribution in [2.75, 3.05) is 18.9 Å². The van der Waals surface area contributed by atoms with Crippen molar-refractivity contribution in [3.05, 3.63) is 30.4 Å². The molecule has 19 nitrogen and oxygen atoms in total. The zero-order valence-electron chi connectivity index (χ0n) is 19.7. The SMILES string of the molecule is N=c1ccn([C@@H]2O[C@H](CO)[C@@H](OP(=O)(O)OC[C@H]3O[C@@H](n4cnc5c(N)ncnc54)[C@H](O)[C@@H]3O)[C@H]2O)c([O-])n1. The smallest absolute Gasteiger partial charge is 0.472 e. The van der Waals surface area contributed by atoms with E-state index >= 15 is 0 Å². The summed E-state index contributed by atoms with van der Waals surface area (Å²) in [5, 5.41) is 60.8. The van der Waals surface area contributed by atoms with Gasteiger partial charge in [0, 0.05) is 6.20 Å². The Morgan fingerprint density at radius 3 is 2.54 bits per heavy atom. The normalized spacial score (nSPS) is 32.5. The number of phosphoric ester groups is 1. The summed E-state index contributed by atoms with van der Waals surface area (Å²) in [6.45, 7) is -1.50. The number of aliphatic hydroxyl groups is 4. The molecule has 8 N–H and O–H groups in total. The fourth-order valence-electron chi connectivity index (χ4n) is 4.34. The van der Waals surface area contributed by atoms with E-state index in [1.807, 2.05) is 0 Å². The van der Waals surface area contributed by atoms with Crippen molar-refractivity contribution in [1.29, 1.82) is 5.41 Å². The number of nitrogens with two attached hydrogens (primary N) is 1. The molecule has 39 heavy (non-hydrogen) atoms. The predicted molar refractivity (Wildman–Crippen MR) is 121 cm³/mol. The highest BCUT2D eigenvalue weighted by atomic mass is 31.2. The number of hydrogen-bond donors (Lipinski definition) is 7. The number of imidazole rings is 1. The Bertz CT molecular complexity index is 1450. The zero-order chi connectivity index (χ0) is 28.1.